The first-order valence-corrected chi connectivity index (χ1v) is 3.65. The van der Waals surface area contributed by atoms with Crippen LogP contribution >= 0.6 is 0 Å². The van der Waals surface area contributed by atoms with Gasteiger partial charge in [-0.3, -0.25) is 0 Å². The van der Waals surface area contributed by atoms with E-state index in [1.807, 2.05) is 12.1 Å². The lowest BCUT2D eigenvalue weighted by Crippen LogP contribution is -1.81. The lowest BCUT2D eigenvalue weighted by Gasteiger charge is -2.00. The fourth-order valence-electron chi connectivity index (χ4n) is 1.24. The van der Waals surface area contributed by atoms with Gasteiger partial charge in [-0.05, 0) is 6.07 Å². The highest BCUT2D eigenvalue weighted by atomic mass is 16.5. The van der Waals surface area contributed by atoms with E-state index in [2.05, 4.69) is 4.98 Å². The molecular weight excluding hydrogens is 154 g/mol. The Morgan fingerprint density at radius 2 is 2.25 bits per heavy atom. The Bertz CT molecular complexity index is 406. The summed E-state index contributed by atoms with van der Waals surface area (Å²) in [5.74, 6) is 0.896. The largest absolute Gasteiger partial charge is 0.507 e. The number of nitrogens with one attached hydrogen (secondary N) is 1. The van der Waals surface area contributed by atoms with Crippen LogP contribution in [-0.2, 0) is 0 Å². The van der Waals surface area contributed by atoms with Gasteiger partial charge in [-0.1, -0.05) is 0 Å². The molecule has 0 aliphatic carbocycles. The van der Waals surface area contributed by atoms with E-state index in [0.717, 1.165) is 10.9 Å². The second-order valence-electron chi connectivity index (χ2n) is 2.59. The molecule has 1 aromatic carbocycles. The number of benzene rings is 1. The molecule has 3 heteroatoms. The fraction of sp³-hybridized carbons (Fsp3) is 0.111. The molecule has 0 spiro atoms. The van der Waals surface area contributed by atoms with E-state index < -0.39 is 0 Å². The fourth-order valence-corrected chi connectivity index (χ4v) is 1.24. The summed E-state index contributed by atoms with van der Waals surface area (Å²) in [6.45, 7) is 0. The Morgan fingerprint density at radius 3 is 3.00 bits per heavy atom. The minimum atomic E-state index is 0.241. The maximum Gasteiger partial charge on any atom is 0.128 e. The number of methoxy groups -OCH3 is 1. The molecule has 0 aliphatic heterocycles. The normalized spacial score (nSPS) is 10.4. The highest BCUT2D eigenvalue weighted by Crippen LogP contribution is 2.28. The van der Waals surface area contributed by atoms with Crippen LogP contribution in [0.4, 0.5) is 0 Å². The zero-order chi connectivity index (χ0) is 8.55. The molecule has 1 aromatic heterocycles. The van der Waals surface area contributed by atoms with Crippen LogP contribution in [-0.4, -0.2) is 17.2 Å². The van der Waals surface area contributed by atoms with Gasteiger partial charge in [0.1, 0.15) is 11.5 Å². The van der Waals surface area contributed by atoms with Crippen molar-refractivity contribution >= 4 is 10.9 Å². The van der Waals surface area contributed by atoms with Crippen LogP contribution in [0.2, 0.25) is 0 Å². The number of aromatic nitrogens is 1. The lowest BCUT2D eigenvalue weighted by molar-refractivity contribution is 0.409. The molecule has 0 bridgehead atoms. The monoisotopic (exact) mass is 163 g/mol. The smallest absolute Gasteiger partial charge is 0.128 e. The summed E-state index contributed by atoms with van der Waals surface area (Å²) in [6, 6.07) is 5.26. The van der Waals surface area contributed by atoms with Crippen molar-refractivity contribution in [2.45, 2.75) is 0 Å². The van der Waals surface area contributed by atoms with Gasteiger partial charge in [-0.15, -0.1) is 0 Å². The highest BCUT2D eigenvalue weighted by Gasteiger charge is 2.02. The maximum absolute atomic E-state index is 9.47. The van der Waals surface area contributed by atoms with Crippen molar-refractivity contribution < 1.29 is 9.84 Å². The Morgan fingerprint density at radius 1 is 1.42 bits per heavy atom. The third-order valence-electron chi connectivity index (χ3n) is 1.86. The Labute approximate surface area is 69.6 Å². The molecule has 0 radical (unpaired) electrons. The summed E-state index contributed by atoms with van der Waals surface area (Å²) < 4.78 is 4.99. The minimum absolute atomic E-state index is 0.241. The first kappa shape index (κ1) is 7.03. The van der Waals surface area contributed by atoms with Crippen LogP contribution < -0.4 is 4.74 Å². The molecule has 0 fully saturated rings. The van der Waals surface area contributed by atoms with Crippen molar-refractivity contribution in [3.63, 3.8) is 0 Å². The average molecular weight is 163 g/mol. The molecule has 0 amide bonds. The molecule has 3 nitrogen and oxygen atoms in total. The Hall–Kier alpha value is -1.64. The van der Waals surface area contributed by atoms with Crippen LogP contribution in [0.15, 0.2) is 24.4 Å². The van der Waals surface area contributed by atoms with Crippen LogP contribution in [0.25, 0.3) is 10.9 Å². The highest BCUT2D eigenvalue weighted by molar-refractivity contribution is 5.86. The van der Waals surface area contributed by atoms with E-state index in [1.165, 1.54) is 0 Å². The molecule has 0 saturated heterocycles. The molecule has 2 aromatic rings. The zero-order valence-electron chi connectivity index (χ0n) is 6.66. The van der Waals surface area contributed by atoms with Gasteiger partial charge in [0.05, 0.1) is 12.6 Å². The molecule has 0 atom stereocenters. The number of aromatic amines is 1. The first-order valence-electron chi connectivity index (χ1n) is 3.65. The van der Waals surface area contributed by atoms with Crippen molar-refractivity contribution in [2.24, 2.45) is 0 Å². The van der Waals surface area contributed by atoms with Gasteiger partial charge in [0.2, 0.25) is 0 Å². The van der Waals surface area contributed by atoms with Gasteiger partial charge in [-0.2, -0.15) is 0 Å². The number of phenols is 1. The molecule has 12 heavy (non-hydrogen) atoms. The molecule has 0 saturated carbocycles. The number of ether oxygens (including phenoxy) is 1. The second-order valence-corrected chi connectivity index (χ2v) is 2.59. The summed E-state index contributed by atoms with van der Waals surface area (Å²) in [5, 5.41) is 10.3. The molecule has 2 rings (SSSR count). The molecule has 0 unspecified atom stereocenters. The molecule has 1 heterocycles. The quantitative estimate of drug-likeness (QED) is 0.674. The van der Waals surface area contributed by atoms with Crippen molar-refractivity contribution in [1.82, 2.24) is 4.98 Å². The van der Waals surface area contributed by atoms with Gasteiger partial charge in [0.15, 0.2) is 0 Å². The van der Waals surface area contributed by atoms with Gasteiger partial charge < -0.3 is 14.8 Å². The van der Waals surface area contributed by atoms with Gasteiger partial charge in [0, 0.05) is 23.7 Å². The average Bonchev–Trinajstić information content (AvgIpc) is 2.52. The summed E-state index contributed by atoms with van der Waals surface area (Å²) in [4.78, 5) is 3.00. The SMILES string of the molecule is COc1cc(O)c2cc[nH]c2c1. The molecular formula is C9H9NO2. The number of hydrogen-bond donors (Lipinski definition) is 2. The second kappa shape index (κ2) is 2.44. The molecule has 62 valence electrons. The first-order chi connectivity index (χ1) is 5.81. The lowest BCUT2D eigenvalue weighted by atomic mass is 10.2. The van der Waals surface area contributed by atoms with Crippen LogP contribution in [0, 0.1) is 0 Å². The van der Waals surface area contributed by atoms with E-state index >= 15 is 0 Å². The number of rotatable bonds is 1. The Kier molecular flexibility index (Phi) is 1.43. The third-order valence-corrected chi connectivity index (χ3v) is 1.86. The van der Waals surface area contributed by atoms with Gasteiger partial charge in [0.25, 0.3) is 0 Å². The van der Waals surface area contributed by atoms with Gasteiger partial charge in [-0.25, -0.2) is 0 Å². The third kappa shape index (κ3) is 0.906. The zero-order valence-corrected chi connectivity index (χ0v) is 6.66. The molecule has 0 aliphatic rings. The van der Waals surface area contributed by atoms with Gasteiger partial charge >= 0.3 is 0 Å². The van der Waals surface area contributed by atoms with E-state index in [0.29, 0.717) is 5.75 Å². The van der Waals surface area contributed by atoms with E-state index in [4.69, 9.17) is 4.74 Å². The van der Waals surface area contributed by atoms with E-state index in [1.54, 1.807) is 19.4 Å². The number of H-pyrrole nitrogens is 1. The number of fused-ring (bicyclic) bond motifs is 1. The number of aromatic hydroxyl groups is 1. The van der Waals surface area contributed by atoms with Crippen LogP contribution in [0.3, 0.4) is 0 Å². The topological polar surface area (TPSA) is 45.2 Å². The summed E-state index contributed by atoms with van der Waals surface area (Å²) in [7, 11) is 1.57. The van der Waals surface area contributed by atoms with Crippen molar-refractivity contribution in [3.8, 4) is 11.5 Å². The predicted molar refractivity (Wildman–Crippen MR) is 46.5 cm³/mol. The Balaban J connectivity index is 2.75. The standard InChI is InChI=1S/C9H9NO2/c1-12-6-4-8-7(2-3-10-8)9(11)5-6/h2-5,10-11H,1H3. The number of phenolic OH excluding ortho intramolecular Hbond substituents is 1. The van der Waals surface area contributed by atoms with Crippen LogP contribution in [0.5, 0.6) is 11.5 Å². The van der Waals surface area contributed by atoms with Crippen molar-refractivity contribution in [3.05, 3.63) is 24.4 Å². The van der Waals surface area contributed by atoms with Crippen molar-refractivity contribution in [1.29, 1.82) is 0 Å². The summed E-state index contributed by atoms with van der Waals surface area (Å²) in [6.07, 6.45) is 1.78. The minimum Gasteiger partial charge on any atom is -0.507 e. The van der Waals surface area contributed by atoms with E-state index in [-0.39, 0.29) is 5.75 Å². The van der Waals surface area contributed by atoms with Crippen LogP contribution in [0.1, 0.15) is 0 Å². The summed E-state index contributed by atoms with van der Waals surface area (Å²) in [5.41, 5.74) is 0.881. The van der Waals surface area contributed by atoms with Crippen molar-refractivity contribution in [2.75, 3.05) is 7.11 Å². The summed E-state index contributed by atoms with van der Waals surface area (Å²) >= 11 is 0. The maximum atomic E-state index is 9.47. The number of hydrogen-bond acceptors (Lipinski definition) is 2. The molecule has 2 N–H and O–H groups in total. The predicted octanol–water partition coefficient (Wildman–Crippen LogP) is 1.88. The van der Waals surface area contributed by atoms with E-state index in [9.17, 15) is 5.11 Å².